The van der Waals surface area contributed by atoms with Crippen LogP contribution in [0.25, 0.3) is 0 Å². The van der Waals surface area contributed by atoms with Crippen LogP contribution >= 0.6 is 23.2 Å². The van der Waals surface area contributed by atoms with Crippen LogP contribution in [0.4, 0.5) is 0 Å². The van der Waals surface area contributed by atoms with Crippen molar-refractivity contribution < 1.29 is 9.90 Å². The van der Waals surface area contributed by atoms with E-state index in [-0.39, 0.29) is 29.7 Å². The van der Waals surface area contributed by atoms with Crippen molar-refractivity contribution in [3.63, 3.8) is 0 Å². The summed E-state index contributed by atoms with van der Waals surface area (Å²) in [5.74, 6) is 0.108. The van der Waals surface area contributed by atoms with Crippen LogP contribution in [0.2, 0.25) is 10.0 Å². The van der Waals surface area contributed by atoms with Crippen molar-refractivity contribution in [1.29, 1.82) is 0 Å². The number of phenolic OH excluding ortho intramolecular Hbond substituents is 1. The lowest BCUT2D eigenvalue weighted by Crippen LogP contribution is -2.59. The highest BCUT2D eigenvalue weighted by Gasteiger charge is 2.44. The molecule has 108 valence electrons. The predicted octanol–water partition coefficient (Wildman–Crippen LogP) is 2.38. The van der Waals surface area contributed by atoms with Crippen molar-refractivity contribution in [2.24, 2.45) is 0 Å². The van der Waals surface area contributed by atoms with Gasteiger partial charge in [-0.1, -0.05) is 23.2 Å². The number of halogens is 2. The van der Waals surface area contributed by atoms with E-state index in [4.69, 9.17) is 23.2 Å². The molecular weight excluding hydrogens is 299 g/mol. The lowest BCUT2D eigenvalue weighted by molar-refractivity contribution is -0.131. The highest BCUT2D eigenvalue weighted by molar-refractivity contribution is 6.42. The Morgan fingerprint density at radius 2 is 2.05 bits per heavy atom. The SMILES string of the molecule is CC1C(c2c(O)ccc(Cl)c2Cl)CC(=O)N1C1CNC1. The van der Waals surface area contributed by atoms with Gasteiger partial charge in [0.25, 0.3) is 0 Å². The summed E-state index contributed by atoms with van der Waals surface area (Å²) in [7, 11) is 0. The first-order valence-corrected chi connectivity index (χ1v) is 7.45. The molecule has 1 aromatic rings. The summed E-state index contributed by atoms with van der Waals surface area (Å²) < 4.78 is 0. The molecule has 1 amide bonds. The molecule has 2 aliphatic heterocycles. The van der Waals surface area contributed by atoms with E-state index in [0.717, 1.165) is 13.1 Å². The smallest absolute Gasteiger partial charge is 0.223 e. The summed E-state index contributed by atoms with van der Waals surface area (Å²) in [6.45, 7) is 3.67. The van der Waals surface area contributed by atoms with Gasteiger partial charge >= 0.3 is 0 Å². The van der Waals surface area contributed by atoms with Crippen LogP contribution in [0.15, 0.2) is 12.1 Å². The molecule has 2 N–H and O–H groups in total. The number of nitrogens with zero attached hydrogens (tertiary/aromatic N) is 1. The van der Waals surface area contributed by atoms with Crippen LogP contribution in [0.5, 0.6) is 5.75 Å². The molecule has 0 bridgehead atoms. The number of aromatic hydroxyl groups is 1. The van der Waals surface area contributed by atoms with Gasteiger partial charge in [-0.3, -0.25) is 4.79 Å². The van der Waals surface area contributed by atoms with Crippen molar-refractivity contribution in [2.75, 3.05) is 13.1 Å². The second-order valence-corrected chi connectivity index (χ2v) is 6.24. The number of amides is 1. The van der Waals surface area contributed by atoms with Crippen molar-refractivity contribution in [1.82, 2.24) is 10.2 Å². The van der Waals surface area contributed by atoms with Crippen molar-refractivity contribution in [3.8, 4) is 5.75 Å². The van der Waals surface area contributed by atoms with Gasteiger partial charge in [-0.05, 0) is 19.1 Å². The highest BCUT2D eigenvalue weighted by atomic mass is 35.5. The normalized spacial score (nSPS) is 26.9. The van der Waals surface area contributed by atoms with Crippen LogP contribution in [-0.2, 0) is 4.79 Å². The van der Waals surface area contributed by atoms with Crippen LogP contribution in [-0.4, -0.2) is 41.1 Å². The Kier molecular flexibility index (Phi) is 3.56. The molecule has 1 aromatic carbocycles. The highest BCUT2D eigenvalue weighted by Crippen LogP contribution is 2.45. The standard InChI is InChI=1S/C14H16Cl2N2O2/c1-7-9(4-12(20)18(7)8-5-17-6-8)13-11(19)3-2-10(15)14(13)16/h2-3,7-9,17,19H,4-6H2,1H3. The third-order valence-corrected chi connectivity index (χ3v) is 5.16. The summed E-state index contributed by atoms with van der Waals surface area (Å²) >= 11 is 12.3. The molecule has 6 heteroatoms. The second-order valence-electron chi connectivity index (χ2n) is 5.46. The number of carbonyl (C=O) groups excluding carboxylic acids is 1. The van der Waals surface area contributed by atoms with Crippen molar-refractivity contribution in [2.45, 2.75) is 31.3 Å². The van der Waals surface area contributed by atoms with Gasteiger partial charge in [0.2, 0.25) is 5.91 Å². The molecule has 2 aliphatic rings. The van der Waals surface area contributed by atoms with Crippen molar-refractivity contribution >= 4 is 29.1 Å². The van der Waals surface area contributed by atoms with Crippen LogP contribution < -0.4 is 5.32 Å². The van der Waals surface area contributed by atoms with E-state index >= 15 is 0 Å². The average Bonchev–Trinajstić information content (AvgIpc) is 2.61. The van der Waals surface area contributed by atoms with Crippen LogP contribution in [0.3, 0.4) is 0 Å². The van der Waals surface area contributed by atoms with Gasteiger partial charge in [0.1, 0.15) is 5.75 Å². The van der Waals surface area contributed by atoms with Gasteiger partial charge in [-0.2, -0.15) is 0 Å². The van der Waals surface area contributed by atoms with Gasteiger partial charge in [-0.15, -0.1) is 0 Å². The fourth-order valence-corrected chi connectivity index (χ4v) is 3.61. The maximum atomic E-state index is 12.3. The minimum Gasteiger partial charge on any atom is -0.508 e. The molecule has 20 heavy (non-hydrogen) atoms. The Hall–Kier alpha value is -0.970. The zero-order valence-electron chi connectivity index (χ0n) is 11.1. The molecule has 3 rings (SSSR count). The topological polar surface area (TPSA) is 52.6 Å². The van der Waals surface area contributed by atoms with E-state index in [0.29, 0.717) is 22.0 Å². The summed E-state index contributed by atoms with van der Waals surface area (Å²) in [6.07, 6.45) is 0.366. The largest absolute Gasteiger partial charge is 0.508 e. The van der Waals surface area contributed by atoms with E-state index < -0.39 is 0 Å². The summed E-state index contributed by atoms with van der Waals surface area (Å²) in [5, 5.41) is 14.0. The first-order chi connectivity index (χ1) is 9.50. The average molecular weight is 315 g/mol. The molecule has 0 spiro atoms. The monoisotopic (exact) mass is 314 g/mol. The van der Waals surface area contributed by atoms with E-state index in [1.807, 2.05) is 11.8 Å². The van der Waals surface area contributed by atoms with Gasteiger partial charge in [0, 0.05) is 37.0 Å². The van der Waals surface area contributed by atoms with Crippen molar-refractivity contribution in [3.05, 3.63) is 27.7 Å². The molecule has 2 heterocycles. The fraction of sp³-hybridized carbons (Fsp3) is 0.500. The molecule has 4 nitrogen and oxygen atoms in total. The Labute approximate surface area is 127 Å². The zero-order valence-corrected chi connectivity index (χ0v) is 12.6. The van der Waals surface area contributed by atoms with E-state index in [1.54, 1.807) is 6.07 Å². The third kappa shape index (κ3) is 2.07. The fourth-order valence-electron chi connectivity index (χ4n) is 3.14. The number of phenols is 1. The lowest BCUT2D eigenvalue weighted by Gasteiger charge is -2.39. The number of rotatable bonds is 2. The minimum absolute atomic E-state index is 0.0106. The van der Waals surface area contributed by atoms with Gasteiger partial charge < -0.3 is 15.3 Å². The zero-order chi connectivity index (χ0) is 14.4. The number of carbonyl (C=O) groups is 1. The molecule has 0 saturated carbocycles. The molecule has 0 aromatic heterocycles. The maximum Gasteiger partial charge on any atom is 0.223 e. The van der Waals surface area contributed by atoms with E-state index in [9.17, 15) is 9.90 Å². The first kappa shape index (κ1) is 14.0. The lowest BCUT2D eigenvalue weighted by atomic mass is 9.91. The molecule has 2 fully saturated rings. The number of benzene rings is 1. The Balaban J connectivity index is 1.95. The van der Waals surface area contributed by atoms with Crippen LogP contribution in [0.1, 0.15) is 24.8 Å². The van der Waals surface area contributed by atoms with Gasteiger partial charge in [-0.25, -0.2) is 0 Å². The quantitative estimate of drug-likeness (QED) is 0.881. The third-order valence-electron chi connectivity index (χ3n) is 4.34. The summed E-state index contributed by atoms with van der Waals surface area (Å²) in [5.41, 5.74) is 0.592. The molecule has 0 aliphatic carbocycles. The number of likely N-dealkylation sites (tertiary alicyclic amines) is 1. The second kappa shape index (κ2) is 5.10. The number of nitrogens with one attached hydrogen (secondary N) is 1. The summed E-state index contributed by atoms with van der Waals surface area (Å²) in [4.78, 5) is 14.2. The van der Waals surface area contributed by atoms with E-state index in [1.165, 1.54) is 6.07 Å². The Bertz CT molecular complexity index is 560. The number of hydrogen-bond donors (Lipinski definition) is 2. The molecule has 2 saturated heterocycles. The Morgan fingerprint density at radius 1 is 1.35 bits per heavy atom. The Morgan fingerprint density at radius 3 is 2.65 bits per heavy atom. The van der Waals surface area contributed by atoms with Crippen LogP contribution in [0, 0.1) is 0 Å². The molecule has 2 atom stereocenters. The van der Waals surface area contributed by atoms with Gasteiger partial charge in [0.05, 0.1) is 16.1 Å². The predicted molar refractivity (Wildman–Crippen MR) is 78.5 cm³/mol. The van der Waals surface area contributed by atoms with E-state index in [2.05, 4.69) is 5.32 Å². The minimum atomic E-state index is -0.116. The summed E-state index contributed by atoms with van der Waals surface area (Å²) in [6, 6.07) is 3.37. The maximum absolute atomic E-state index is 12.3. The first-order valence-electron chi connectivity index (χ1n) is 6.69. The number of hydrogen-bond acceptors (Lipinski definition) is 3. The van der Waals surface area contributed by atoms with Gasteiger partial charge in [0.15, 0.2) is 0 Å². The molecule has 0 radical (unpaired) electrons. The molecular formula is C14H16Cl2N2O2. The molecule has 2 unspecified atom stereocenters.